The molecule has 3 aromatic rings. The van der Waals surface area contributed by atoms with E-state index >= 15 is 0 Å². The molecule has 0 unspecified atom stereocenters. The molecule has 1 aliphatic rings. The van der Waals surface area contributed by atoms with Gasteiger partial charge in [-0.3, -0.25) is 9.69 Å². The van der Waals surface area contributed by atoms with E-state index in [4.69, 9.17) is 9.47 Å². The highest BCUT2D eigenvalue weighted by Gasteiger charge is 2.38. The van der Waals surface area contributed by atoms with Crippen LogP contribution in [0.4, 0.5) is 5.69 Å². The van der Waals surface area contributed by atoms with Gasteiger partial charge in [-0.15, -0.1) is 0 Å². The third kappa shape index (κ3) is 3.64. The topological polar surface area (TPSA) is 55.8 Å². The Balaban J connectivity index is 1.94. The Bertz CT molecular complexity index is 1270. The first kappa shape index (κ1) is 20.9. The predicted octanol–water partition coefficient (Wildman–Crippen LogP) is 5.49. The Hall–Kier alpha value is -3.38. The lowest BCUT2D eigenvalue weighted by molar-refractivity contribution is -0.136. The lowest BCUT2D eigenvalue weighted by atomic mass is 10.0. The van der Waals surface area contributed by atoms with Gasteiger partial charge in [0.25, 0.3) is 5.91 Å². The molecule has 1 heterocycles. The second kappa shape index (κ2) is 8.40. The van der Waals surface area contributed by atoms with Crippen LogP contribution in [0.15, 0.2) is 82.0 Å². The average molecular weight is 478 g/mol. The zero-order valence-corrected chi connectivity index (χ0v) is 18.9. The van der Waals surface area contributed by atoms with Gasteiger partial charge in [0.15, 0.2) is 0 Å². The molecule has 0 bridgehead atoms. The lowest BCUT2D eigenvalue weighted by Crippen LogP contribution is -2.24. The SMILES string of the molecule is COC(=O)C1=C(C)N(c2cccc3ccccc23)C(=O)/C1=C\c1cc(Br)ccc1OC. The van der Waals surface area contributed by atoms with Gasteiger partial charge in [-0.25, -0.2) is 4.79 Å². The summed E-state index contributed by atoms with van der Waals surface area (Å²) in [6, 6.07) is 19.1. The maximum absolute atomic E-state index is 13.6. The first-order valence-corrected chi connectivity index (χ1v) is 10.4. The predicted molar refractivity (Wildman–Crippen MR) is 125 cm³/mol. The summed E-state index contributed by atoms with van der Waals surface area (Å²) in [6.45, 7) is 1.75. The number of anilines is 1. The van der Waals surface area contributed by atoms with Crippen LogP contribution in [0.25, 0.3) is 16.8 Å². The number of carbonyl (C=O) groups excluding carboxylic acids is 2. The molecule has 0 saturated carbocycles. The van der Waals surface area contributed by atoms with E-state index in [1.807, 2.05) is 54.6 Å². The molecule has 1 aliphatic heterocycles. The van der Waals surface area contributed by atoms with Crippen molar-refractivity contribution in [3.63, 3.8) is 0 Å². The van der Waals surface area contributed by atoms with E-state index in [1.165, 1.54) is 7.11 Å². The molecule has 0 N–H and O–H groups in total. The largest absolute Gasteiger partial charge is 0.496 e. The van der Waals surface area contributed by atoms with E-state index in [9.17, 15) is 9.59 Å². The number of esters is 1. The molecule has 31 heavy (non-hydrogen) atoms. The molecule has 0 saturated heterocycles. The van der Waals surface area contributed by atoms with Gasteiger partial charge in [-0.1, -0.05) is 52.3 Å². The summed E-state index contributed by atoms with van der Waals surface area (Å²) in [6.07, 6.45) is 1.67. The number of rotatable bonds is 4. The minimum atomic E-state index is -0.561. The van der Waals surface area contributed by atoms with Crippen LogP contribution in [0.2, 0.25) is 0 Å². The first-order valence-electron chi connectivity index (χ1n) is 9.63. The zero-order valence-electron chi connectivity index (χ0n) is 17.3. The number of amides is 1. The molecule has 3 aromatic carbocycles. The summed E-state index contributed by atoms with van der Waals surface area (Å²) >= 11 is 3.45. The van der Waals surface area contributed by atoms with Crippen molar-refractivity contribution in [1.82, 2.24) is 0 Å². The summed E-state index contributed by atoms with van der Waals surface area (Å²) in [4.78, 5) is 27.9. The van der Waals surface area contributed by atoms with E-state index in [0.29, 0.717) is 22.7 Å². The quantitative estimate of drug-likeness (QED) is 0.368. The molecule has 156 valence electrons. The number of hydrogen-bond donors (Lipinski definition) is 0. The van der Waals surface area contributed by atoms with E-state index in [0.717, 1.165) is 15.2 Å². The fraction of sp³-hybridized carbons (Fsp3) is 0.120. The van der Waals surface area contributed by atoms with Crippen molar-refractivity contribution in [1.29, 1.82) is 0 Å². The number of benzene rings is 3. The van der Waals surface area contributed by atoms with Gasteiger partial charge in [0.2, 0.25) is 0 Å². The van der Waals surface area contributed by atoms with Crippen LogP contribution in [0.5, 0.6) is 5.75 Å². The second-order valence-corrected chi connectivity index (χ2v) is 7.95. The molecule has 0 fully saturated rings. The smallest absolute Gasteiger partial charge is 0.340 e. The Morgan fingerprint density at radius 1 is 1.03 bits per heavy atom. The molecule has 0 aliphatic carbocycles. The van der Waals surface area contributed by atoms with Crippen LogP contribution >= 0.6 is 15.9 Å². The molecule has 0 atom stereocenters. The van der Waals surface area contributed by atoms with Crippen molar-refractivity contribution in [2.75, 3.05) is 19.1 Å². The summed E-state index contributed by atoms with van der Waals surface area (Å²) in [7, 11) is 2.87. The molecule has 0 aromatic heterocycles. The van der Waals surface area contributed by atoms with E-state index < -0.39 is 5.97 Å². The van der Waals surface area contributed by atoms with Crippen LogP contribution in [-0.2, 0) is 14.3 Å². The van der Waals surface area contributed by atoms with E-state index in [1.54, 1.807) is 31.1 Å². The van der Waals surface area contributed by atoms with Crippen LogP contribution in [-0.4, -0.2) is 26.1 Å². The molecule has 4 rings (SSSR count). The monoisotopic (exact) mass is 477 g/mol. The minimum Gasteiger partial charge on any atom is -0.496 e. The molecule has 6 heteroatoms. The van der Waals surface area contributed by atoms with Gasteiger partial charge in [-0.05, 0) is 42.7 Å². The van der Waals surface area contributed by atoms with Gasteiger partial charge < -0.3 is 9.47 Å². The van der Waals surface area contributed by atoms with E-state index in [-0.39, 0.29) is 17.1 Å². The van der Waals surface area contributed by atoms with Crippen LogP contribution < -0.4 is 9.64 Å². The van der Waals surface area contributed by atoms with Gasteiger partial charge >= 0.3 is 5.97 Å². The van der Waals surface area contributed by atoms with Crippen LogP contribution in [0, 0.1) is 0 Å². The summed E-state index contributed by atoms with van der Waals surface area (Å²) in [5.74, 6) is -0.265. The molecule has 0 radical (unpaired) electrons. The Labute approximate surface area is 188 Å². The van der Waals surface area contributed by atoms with Crippen LogP contribution in [0.1, 0.15) is 12.5 Å². The Morgan fingerprint density at radius 2 is 1.77 bits per heavy atom. The fourth-order valence-corrected chi connectivity index (χ4v) is 4.23. The zero-order chi connectivity index (χ0) is 22.1. The number of carbonyl (C=O) groups is 2. The number of ether oxygens (including phenoxy) is 2. The highest BCUT2D eigenvalue weighted by atomic mass is 79.9. The second-order valence-electron chi connectivity index (χ2n) is 7.04. The highest BCUT2D eigenvalue weighted by Crippen LogP contribution is 2.39. The van der Waals surface area contributed by atoms with Gasteiger partial charge in [0.05, 0.1) is 31.1 Å². The van der Waals surface area contributed by atoms with Crippen molar-refractivity contribution in [3.05, 3.63) is 87.5 Å². The molecular formula is C25H20BrNO4. The van der Waals surface area contributed by atoms with Crippen molar-refractivity contribution >= 4 is 50.3 Å². The van der Waals surface area contributed by atoms with Crippen molar-refractivity contribution in [2.45, 2.75) is 6.92 Å². The number of fused-ring (bicyclic) bond motifs is 1. The molecule has 5 nitrogen and oxygen atoms in total. The highest BCUT2D eigenvalue weighted by molar-refractivity contribution is 9.10. The summed E-state index contributed by atoms with van der Waals surface area (Å²) in [5, 5.41) is 1.93. The Morgan fingerprint density at radius 3 is 2.52 bits per heavy atom. The molecule has 0 spiro atoms. The lowest BCUT2D eigenvalue weighted by Gasteiger charge is -2.20. The normalized spacial score (nSPS) is 15.2. The van der Waals surface area contributed by atoms with Gasteiger partial charge in [-0.2, -0.15) is 0 Å². The average Bonchev–Trinajstić information content (AvgIpc) is 3.02. The van der Waals surface area contributed by atoms with Gasteiger partial charge in [0.1, 0.15) is 5.75 Å². The number of halogens is 1. The van der Waals surface area contributed by atoms with Crippen molar-refractivity contribution in [3.8, 4) is 5.75 Å². The van der Waals surface area contributed by atoms with E-state index in [2.05, 4.69) is 15.9 Å². The molecule has 1 amide bonds. The molecular weight excluding hydrogens is 458 g/mol. The minimum absolute atomic E-state index is 0.238. The van der Waals surface area contributed by atoms with Crippen molar-refractivity contribution in [2.24, 2.45) is 0 Å². The number of methoxy groups -OCH3 is 2. The third-order valence-corrected chi connectivity index (χ3v) is 5.78. The number of allylic oxidation sites excluding steroid dienone is 1. The first-order chi connectivity index (χ1) is 15.0. The number of nitrogens with zero attached hydrogens (tertiary/aromatic N) is 1. The van der Waals surface area contributed by atoms with Gasteiger partial charge in [0, 0.05) is 21.1 Å². The van der Waals surface area contributed by atoms with Crippen molar-refractivity contribution < 1.29 is 19.1 Å². The summed E-state index contributed by atoms with van der Waals surface area (Å²) < 4.78 is 11.3. The fourth-order valence-electron chi connectivity index (χ4n) is 3.85. The summed E-state index contributed by atoms with van der Waals surface area (Å²) in [5.41, 5.74) is 2.41. The van der Waals surface area contributed by atoms with Crippen LogP contribution in [0.3, 0.4) is 0 Å². The number of hydrogen-bond acceptors (Lipinski definition) is 4. The Kier molecular flexibility index (Phi) is 5.65. The maximum atomic E-state index is 13.6. The third-order valence-electron chi connectivity index (χ3n) is 5.29. The standard InChI is InChI=1S/C25H20BrNO4/c1-15-23(25(29)31-3)20(14-17-13-18(26)11-12-22(17)30-2)24(28)27(15)21-10-6-8-16-7-4-5-9-19(16)21/h4-14H,1-3H3/b20-14-. The maximum Gasteiger partial charge on any atom is 0.340 e.